The summed E-state index contributed by atoms with van der Waals surface area (Å²) in [6, 6.07) is 1.56. The lowest BCUT2D eigenvalue weighted by molar-refractivity contribution is 0.0527. The topological polar surface area (TPSA) is 95.1 Å². The minimum absolute atomic E-state index is 0.300. The predicted molar refractivity (Wildman–Crippen MR) is 79.9 cm³/mol. The Kier molecular flexibility index (Phi) is 4.42. The van der Waals surface area contributed by atoms with Gasteiger partial charge in [0.15, 0.2) is 0 Å². The Morgan fingerprint density at radius 2 is 2.29 bits per heavy atom. The number of nitrogens with two attached hydrogens (primary N) is 1. The standard InChI is InChI=1S/C14H19N5O2/c1-4-21-14(20)12-5-11(15)7-17-13(12)16-6-10-8-19(3)18-9(10)2/h5,7-8H,4,6,15H2,1-3H3,(H,16,17). The number of aryl methyl sites for hydroxylation is 2. The number of pyridine rings is 1. The molecule has 112 valence electrons. The highest BCUT2D eigenvalue weighted by molar-refractivity contribution is 5.95. The minimum Gasteiger partial charge on any atom is -0.462 e. The van der Waals surface area contributed by atoms with Crippen LogP contribution in [0.2, 0.25) is 0 Å². The third-order valence-electron chi connectivity index (χ3n) is 2.97. The summed E-state index contributed by atoms with van der Waals surface area (Å²) >= 11 is 0. The number of ether oxygens (including phenoxy) is 1. The van der Waals surface area contributed by atoms with Crippen molar-refractivity contribution in [1.29, 1.82) is 0 Å². The van der Waals surface area contributed by atoms with Crippen LogP contribution in [0.4, 0.5) is 11.5 Å². The van der Waals surface area contributed by atoms with Gasteiger partial charge in [0.2, 0.25) is 0 Å². The zero-order valence-corrected chi connectivity index (χ0v) is 12.4. The molecule has 0 amide bonds. The van der Waals surface area contributed by atoms with Gasteiger partial charge < -0.3 is 15.8 Å². The Hall–Kier alpha value is -2.57. The van der Waals surface area contributed by atoms with E-state index in [4.69, 9.17) is 10.5 Å². The maximum absolute atomic E-state index is 11.9. The quantitative estimate of drug-likeness (QED) is 0.810. The van der Waals surface area contributed by atoms with Crippen LogP contribution in [0, 0.1) is 6.92 Å². The van der Waals surface area contributed by atoms with Crippen molar-refractivity contribution in [3.63, 3.8) is 0 Å². The number of aromatic nitrogens is 3. The first-order valence-electron chi connectivity index (χ1n) is 6.67. The van der Waals surface area contributed by atoms with Gasteiger partial charge in [0.25, 0.3) is 0 Å². The molecule has 2 aromatic heterocycles. The van der Waals surface area contributed by atoms with Gasteiger partial charge in [-0.3, -0.25) is 4.68 Å². The monoisotopic (exact) mass is 289 g/mol. The maximum Gasteiger partial charge on any atom is 0.341 e. The van der Waals surface area contributed by atoms with Crippen LogP contribution in [0.1, 0.15) is 28.5 Å². The zero-order valence-electron chi connectivity index (χ0n) is 12.4. The number of nitrogens with zero attached hydrogens (tertiary/aromatic N) is 3. The Morgan fingerprint density at radius 3 is 2.90 bits per heavy atom. The van der Waals surface area contributed by atoms with Crippen LogP contribution >= 0.6 is 0 Å². The molecule has 0 aliphatic rings. The molecule has 0 radical (unpaired) electrons. The van der Waals surface area contributed by atoms with Gasteiger partial charge in [-0.2, -0.15) is 5.10 Å². The molecule has 7 heteroatoms. The summed E-state index contributed by atoms with van der Waals surface area (Å²) in [4.78, 5) is 16.1. The van der Waals surface area contributed by atoms with E-state index in [-0.39, 0.29) is 0 Å². The molecule has 0 atom stereocenters. The Labute approximate surface area is 123 Å². The van der Waals surface area contributed by atoms with Gasteiger partial charge in [0, 0.05) is 25.4 Å². The summed E-state index contributed by atoms with van der Waals surface area (Å²) in [7, 11) is 1.86. The van der Waals surface area contributed by atoms with Gasteiger partial charge in [0.1, 0.15) is 11.4 Å². The van der Waals surface area contributed by atoms with E-state index in [1.807, 2.05) is 20.2 Å². The molecule has 0 unspecified atom stereocenters. The number of nitrogen functional groups attached to an aromatic ring is 1. The molecule has 0 bridgehead atoms. The Balaban J connectivity index is 2.19. The first-order valence-corrected chi connectivity index (χ1v) is 6.67. The Morgan fingerprint density at radius 1 is 1.52 bits per heavy atom. The van der Waals surface area contributed by atoms with Crippen LogP contribution in [-0.2, 0) is 18.3 Å². The van der Waals surface area contributed by atoms with Crippen molar-refractivity contribution in [2.24, 2.45) is 7.05 Å². The third kappa shape index (κ3) is 3.50. The molecule has 2 heterocycles. The van der Waals surface area contributed by atoms with Crippen molar-refractivity contribution in [1.82, 2.24) is 14.8 Å². The number of esters is 1. The molecule has 0 aromatic carbocycles. The molecule has 0 spiro atoms. The molecular weight excluding hydrogens is 270 g/mol. The molecular formula is C14H19N5O2. The second-order valence-corrected chi connectivity index (χ2v) is 4.65. The van der Waals surface area contributed by atoms with Crippen molar-refractivity contribution < 1.29 is 9.53 Å². The molecule has 2 aromatic rings. The molecule has 7 nitrogen and oxygen atoms in total. The van der Waals surface area contributed by atoms with Crippen LogP contribution in [0.3, 0.4) is 0 Å². The first kappa shape index (κ1) is 14.8. The summed E-state index contributed by atoms with van der Waals surface area (Å²) in [6.07, 6.45) is 3.42. The van der Waals surface area contributed by atoms with E-state index >= 15 is 0 Å². The van der Waals surface area contributed by atoms with Crippen molar-refractivity contribution in [3.8, 4) is 0 Å². The lowest BCUT2D eigenvalue weighted by Crippen LogP contribution is -2.12. The summed E-state index contributed by atoms with van der Waals surface area (Å²) < 4.78 is 6.76. The second-order valence-electron chi connectivity index (χ2n) is 4.65. The summed E-state index contributed by atoms with van der Waals surface area (Å²) in [5.74, 6) is 0.00797. The number of nitrogens with one attached hydrogen (secondary N) is 1. The van der Waals surface area contributed by atoms with Gasteiger partial charge in [-0.15, -0.1) is 0 Å². The van der Waals surface area contributed by atoms with Crippen molar-refractivity contribution in [3.05, 3.63) is 35.3 Å². The molecule has 0 saturated carbocycles. The average Bonchev–Trinajstić information content (AvgIpc) is 2.76. The number of carbonyl (C=O) groups is 1. The first-order chi connectivity index (χ1) is 10.0. The number of anilines is 2. The van der Waals surface area contributed by atoms with E-state index in [1.54, 1.807) is 17.7 Å². The maximum atomic E-state index is 11.9. The van der Waals surface area contributed by atoms with E-state index in [0.717, 1.165) is 11.3 Å². The van der Waals surface area contributed by atoms with E-state index in [9.17, 15) is 4.79 Å². The molecule has 0 aliphatic heterocycles. The largest absolute Gasteiger partial charge is 0.462 e. The average molecular weight is 289 g/mol. The lowest BCUT2D eigenvalue weighted by Gasteiger charge is -2.10. The highest BCUT2D eigenvalue weighted by Crippen LogP contribution is 2.18. The van der Waals surface area contributed by atoms with Gasteiger partial charge in [-0.25, -0.2) is 9.78 Å². The summed E-state index contributed by atoms with van der Waals surface area (Å²) in [5.41, 5.74) is 8.40. The normalized spacial score (nSPS) is 10.4. The van der Waals surface area contributed by atoms with Crippen LogP contribution in [-0.4, -0.2) is 27.3 Å². The highest BCUT2D eigenvalue weighted by Gasteiger charge is 2.15. The molecule has 21 heavy (non-hydrogen) atoms. The fraction of sp³-hybridized carbons (Fsp3) is 0.357. The zero-order chi connectivity index (χ0) is 15.4. The van der Waals surface area contributed by atoms with E-state index < -0.39 is 5.97 Å². The molecule has 0 fully saturated rings. The number of rotatable bonds is 5. The number of hydrogen-bond acceptors (Lipinski definition) is 6. The molecule has 0 saturated heterocycles. The van der Waals surface area contributed by atoms with Crippen molar-refractivity contribution in [2.45, 2.75) is 20.4 Å². The van der Waals surface area contributed by atoms with Gasteiger partial charge in [-0.1, -0.05) is 0 Å². The van der Waals surface area contributed by atoms with E-state index in [0.29, 0.717) is 30.2 Å². The lowest BCUT2D eigenvalue weighted by atomic mass is 10.2. The van der Waals surface area contributed by atoms with E-state index in [1.165, 1.54) is 6.20 Å². The predicted octanol–water partition coefficient (Wildman–Crippen LogP) is 1.49. The SMILES string of the molecule is CCOC(=O)c1cc(N)cnc1NCc1cn(C)nc1C. The van der Waals surface area contributed by atoms with Gasteiger partial charge in [0.05, 0.1) is 24.2 Å². The van der Waals surface area contributed by atoms with Gasteiger partial charge >= 0.3 is 5.97 Å². The number of hydrogen-bond donors (Lipinski definition) is 2. The van der Waals surface area contributed by atoms with Gasteiger partial charge in [-0.05, 0) is 19.9 Å². The van der Waals surface area contributed by atoms with Crippen molar-refractivity contribution >= 4 is 17.5 Å². The van der Waals surface area contributed by atoms with E-state index in [2.05, 4.69) is 15.4 Å². The summed E-state index contributed by atoms with van der Waals surface area (Å²) in [6.45, 7) is 4.50. The fourth-order valence-electron chi connectivity index (χ4n) is 1.99. The summed E-state index contributed by atoms with van der Waals surface area (Å²) in [5, 5.41) is 7.40. The molecule has 2 rings (SSSR count). The second kappa shape index (κ2) is 6.25. The highest BCUT2D eigenvalue weighted by atomic mass is 16.5. The fourth-order valence-corrected chi connectivity index (χ4v) is 1.99. The smallest absolute Gasteiger partial charge is 0.341 e. The van der Waals surface area contributed by atoms with Crippen LogP contribution < -0.4 is 11.1 Å². The number of carbonyl (C=O) groups excluding carboxylic acids is 1. The minimum atomic E-state index is -0.442. The third-order valence-corrected chi connectivity index (χ3v) is 2.97. The van der Waals surface area contributed by atoms with Crippen LogP contribution in [0.15, 0.2) is 18.5 Å². The van der Waals surface area contributed by atoms with Crippen LogP contribution in [0.5, 0.6) is 0 Å². The Bertz CT molecular complexity index is 651. The molecule has 0 aliphatic carbocycles. The molecule has 3 N–H and O–H groups in total. The van der Waals surface area contributed by atoms with Crippen molar-refractivity contribution in [2.75, 3.05) is 17.7 Å². The van der Waals surface area contributed by atoms with Crippen LogP contribution in [0.25, 0.3) is 0 Å².